The van der Waals surface area contributed by atoms with E-state index >= 15 is 0 Å². The van der Waals surface area contributed by atoms with E-state index in [2.05, 4.69) is 21.7 Å². The lowest BCUT2D eigenvalue weighted by Crippen LogP contribution is -1.90. The van der Waals surface area contributed by atoms with Gasteiger partial charge in [0.25, 0.3) is 0 Å². The maximum atomic E-state index is 9.69. The molecule has 0 aromatic heterocycles. The zero-order valence-electron chi connectivity index (χ0n) is 5.11. The fraction of sp³-hybridized carbons (Fsp3) is 0.500. The molecule has 0 aliphatic heterocycles. The molecule has 0 fully saturated rings. The van der Waals surface area contributed by atoms with Crippen LogP contribution in [-0.4, -0.2) is 17.9 Å². The minimum Gasteiger partial charge on any atom is -0.489 e. The van der Waals surface area contributed by atoms with Crippen molar-refractivity contribution in [1.29, 1.82) is 0 Å². The molecule has 9 heavy (non-hydrogen) atoms. The van der Waals surface area contributed by atoms with Crippen LogP contribution in [0.15, 0.2) is 11.5 Å². The Morgan fingerprint density at radius 3 is 2.78 bits per heavy atom. The molecule has 0 saturated heterocycles. The Labute approximate surface area is 62.3 Å². The van der Waals surface area contributed by atoms with E-state index in [9.17, 15) is 4.79 Å². The van der Waals surface area contributed by atoms with Gasteiger partial charge in [0.1, 0.15) is 0 Å². The van der Waals surface area contributed by atoms with Crippen molar-refractivity contribution < 1.29 is 9.53 Å². The number of carbonyl (C=O) groups excluding carboxylic acids is 1. The number of hydrogen-bond acceptors (Lipinski definition) is 2. The second-order valence-corrected chi connectivity index (χ2v) is 1.78. The molecular weight excluding hydrogens is 184 g/mol. The summed E-state index contributed by atoms with van der Waals surface area (Å²) in [5.41, 5.74) is 2.28. The van der Waals surface area contributed by atoms with E-state index in [-0.39, 0.29) is 0 Å². The van der Waals surface area contributed by atoms with Crippen LogP contribution >= 0.6 is 15.9 Å². The van der Waals surface area contributed by atoms with Crippen molar-refractivity contribution in [3.05, 3.63) is 11.5 Å². The SMILES string of the molecule is CCOC(=C=C=O)CBr. The second-order valence-electron chi connectivity index (χ2n) is 1.22. The summed E-state index contributed by atoms with van der Waals surface area (Å²) in [6, 6.07) is 0. The molecule has 0 unspecified atom stereocenters. The molecule has 2 nitrogen and oxygen atoms in total. The highest BCUT2D eigenvalue weighted by Crippen LogP contribution is 1.97. The van der Waals surface area contributed by atoms with Crippen molar-refractivity contribution in [3.8, 4) is 0 Å². The standard InChI is InChI=1S/C6H7BrO2/c1-2-9-6(5-7)3-4-8/h2,5H2,1H3. The minimum absolute atomic E-state index is 0.493. The van der Waals surface area contributed by atoms with Crippen molar-refractivity contribution in [3.63, 3.8) is 0 Å². The lowest BCUT2D eigenvalue weighted by Gasteiger charge is -1.98. The van der Waals surface area contributed by atoms with Gasteiger partial charge in [0.05, 0.1) is 11.9 Å². The Morgan fingerprint density at radius 2 is 2.44 bits per heavy atom. The maximum absolute atomic E-state index is 9.69. The van der Waals surface area contributed by atoms with Crippen molar-refractivity contribution in [2.75, 3.05) is 11.9 Å². The third kappa shape index (κ3) is 4.04. The van der Waals surface area contributed by atoms with Gasteiger partial charge in [-0.05, 0) is 6.92 Å². The first-order valence-electron chi connectivity index (χ1n) is 2.52. The summed E-state index contributed by atoms with van der Waals surface area (Å²) < 4.78 is 4.93. The quantitative estimate of drug-likeness (QED) is 0.290. The molecule has 0 radical (unpaired) electrons. The smallest absolute Gasteiger partial charge is 0.180 e. The summed E-state index contributed by atoms with van der Waals surface area (Å²) in [7, 11) is 0. The molecule has 0 aromatic rings. The fourth-order valence-corrected chi connectivity index (χ4v) is 0.641. The van der Waals surface area contributed by atoms with Gasteiger partial charge in [-0.1, -0.05) is 15.9 Å². The predicted octanol–water partition coefficient (Wildman–Crippen LogP) is 1.29. The van der Waals surface area contributed by atoms with E-state index in [0.29, 0.717) is 17.7 Å². The van der Waals surface area contributed by atoms with Crippen molar-refractivity contribution in [2.45, 2.75) is 6.92 Å². The zero-order chi connectivity index (χ0) is 7.11. The Bertz CT molecular complexity index is 152. The third-order valence-electron chi connectivity index (χ3n) is 0.630. The Kier molecular flexibility index (Phi) is 5.34. The van der Waals surface area contributed by atoms with Crippen molar-refractivity contribution in [1.82, 2.24) is 0 Å². The van der Waals surface area contributed by atoms with Gasteiger partial charge in [-0.2, -0.15) is 0 Å². The van der Waals surface area contributed by atoms with E-state index in [0.717, 1.165) is 0 Å². The first kappa shape index (κ1) is 8.51. The van der Waals surface area contributed by atoms with Gasteiger partial charge >= 0.3 is 0 Å². The van der Waals surface area contributed by atoms with Crippen LogP contribution < -0.4 is 0 Å². The van der Waals surface area contributed by atoms with E-state index < -0.39 is 0 Å². The number of halogens is 1. The van der Waals surface area contributed by atoms with Crippen LogP contribution in [0, 0.1) is 0 Å². The van der Waals surface area contributed by atoms with E-state index in [1.807, 2.05) is 6.92 Å². The number of hydrogen-bond donors (Lipinski definition) is 0. The van der Waals surface area contributed by atoms with E-state index in [1.165, 1.54) is 5.94 Å². The Hall–Kier alpha value is -0.490. The number of ether oxygens (including phenoxy) is 1. The lowest BCUT2D eigenvalue weighted by molar-refractivity contribution is 0.235. The summed E-state index contributed by atoms with van der Waals surface area (Å²) in [4.78, 5) is 9.69. The average molecular weight is 191 g/mol. The first-order chi connectivity index (χ1) is 4.35. The van der Waals surface area contributed by atoms with Gasteiger partial charge in [-0.3, -0.25) is 0 Å². The Balaban J connectivity index is 3.98. The van der Waals surface area contributed by atoms with Gasteiger partial charge < -0.3 is 4.74 Å². The predicted molar refractivity (Wildman–Crippen MR) is 38.1 cm³/mol. The number of allylic oxidation sites excluding steroid dienone is 1. The molecule has 0 bridgehead atoms. The van der Waals surface area contributed by atoms with Gasteiger partial charge in [-0.15, -0.1) is 0 Å². The average Bonchev–Trinajstić information content (AvgIpc) is 1.88. The largest absolute Gasteiger partial charge is 0.489 e. The van der Waals surface area contributed by atoms with Gasteiger partial charge in [0.2, 0.25) is 0 Å². The molecule has 0 amide bonds. The molecule has 50 valence electrons. The molecule has 0 atom stereocenters. The van der Waals surface area contributed by atoms with Gasteiger partial charge in [0.15, 0.2) is 11.7 Å². The van der Waals surface area contributed by atoms with Crippen LogP contribution in [-0.2, 0) is 9.53 Å². The molecule has 0 heterocycles. The van der Waals surface area contributed by atoms with Crippen molar-refractivity contribution >= 4 is 21.9 Å². The number of rotatable bonds is 3. The summed E-state index contributed by atoms with van der Waals surface area (Å²) in [6.07, 6.45) is 0. The topological polar surface area (TPSA) is 26.3 Å². The summed E-state index contributed by atoms with van der Waals surface area (Å²) in [5, 5.41) is 0.510. The van der Waals surface area contributed by atoms with Crippen LogP contribution in [0.1, 0.15) is 6.92 Å². The maximum Gasteiger partial charge on any atom is 0.180 e. The van der Waals surface area contributed by atoms with Crippen LogP contribution in [0.5, 0.6) is 0 Å². The second kappa shape index (κ2) is 5.64. The molecule has 0 aliphatic rings. The van der Waals surface area contributed by atoms with Crippen molar-refractivity contribution in [2.24, 2.45) is 0 Å². The molecule has 0 rings (SSSR count). The zero-order valence-corrected chi connectivity index (χ0v) is 6.69. The van der Waals surface area contributed by atoms with Crippen LogP contribution in [0.4, 0.5) is 0 Å². The van der Waals surface area contributed by atoms with Crippen LogP contribution in [0.3, 0.4) is 0 Å². The number of alkyl halides is 1. The van der Waals surface area contributed by atoms with E-state index in [1.54, 1.807) is 0 Å². The Morgan fingerprint density at radius 1 is 1.78 bits per heavy atom. The molecular formula is C6H7BrO2. The molecule has 0 saturated carbocycles. The van der Waals surface area contributed by atoms with Crippen LogP contribution in [0.25, 0.3) is 0 Å². The summed E-state index contributed by atoms with van der Waals surface area (Å²) >= 11 is 3.11. The molecule has 0 aromatic carbocycles. The lowest BCUT2D eigenvalue weighted by atomic mass is 10.6. The summed E-state index contributed by atoms with van der Waals surface area (Å²) in [6.45, 7) is 2.39. The fourth-order valence-electron chi connectivity index (χ4n) is 0.339. The molecule has 0 N–H and O–H groups in total. The van der Waals surface area contributed by atoms with Gasteiger partial charge in [-0.25, -0.2) is 4.79 Å². The van der Waals surface area contributed by atoms with Crippen LogP contribution in [0.2, 0.25) is 0 Å². The van der Waals surface area contributed by atoms with Gasteiger partial charge in [0, 0.05) is 5.73 Å². The first-order valence-corrected chi connectivity index (χ1v) is 3.65. The molecule has 3 heteroatoms. The highest BCUT2D eigenvalue weighted by molar-refractivity contribution is 9.09. The monoisotopic (exact) mass is 190 g/mol. The third-order valence-corrected chi connectivity index (χ3v) is 1.14. The normalized spacial score (nSPS) is 7.33. The molecule has 0 spiro atoms. The highest BCUT2D eigenvalue weighted by Gasteiger charge is 1.89. The highest BCUT2D eigenvalue weighted by atomic mass is 79.9. The minimum atomic E-state index is 0.493. The molecule has 0 aliphatic carbocycles. The summed E-state index contributed by atoms with van der Waals surface area (Å²) in [5.74, 6) is 2.00. The van der Waals surface area contributed by atoms with E-state index in [4.69, 9.17) is 4.74 Å².